The van der Waals surface area contributed by atoms with E-state index in [1.165, 1.54) is 6.20 Å². The number of anilines is 3. The van der Waals surface area contributed by atoms with Crippen molar-refractivity contribution in [2.24, 2.45) is 0 Å². The smallest absolute Gasteiger partial charge is 0.255 e. The van der Waals surface area contributed by atoms with Crippen molar-refractivity contribution in [2.45, 2.75) is 26.4 Å². The third kappa shape index (κ3) is 6.14. The van der Waals surface area contributed by atoms with Gasteiger partial charge in [0.2, 0.25) is 0 Å². The molecule has 4 N–H and O–H groups in total. The second-order valence-corrected chi connectivity index (χ2v) is 9.15. The highest BCUT2D eigenvalue weighted by atomic mass is 16.5. The number of pyridine rings is 3. The number of aryl methyl sites for hydroxylation is 1. The molecule has 3 aromatic rings. The predicted molar refractivity (Wildman–Crippen MR) is 138 cm³/mol. The van der Waals surface area contributed by atoms with E-state index >= 15 is 0 Å². The Bertz CT molecular complexity index is 1220. The highest BCUT2D eigenvalue weighted by Crippen LogP contribution is 2.30. The lowest BCUT2D eigenvalue weighted by molar-refractivity contribution is 0.0737. The molecule has 0 atom stereocenters. The minimum atomic E-state index is -1.16. The maximum atomic E-state index is 12.9. The van der Waals surface area contributed by atoms with Crippen LogP contribution in [0, 0.1) is 6.92 Å². The van der Waals surface area contributed by atoms with Gasteiger partial charge in [0, 0.05) is 42.7 Å². The third-order valence-electron chi connectivity index (χ3n) is 5.87. The molecule has 190 valence electrons. The number of amides is 1. The molecular formula is C26H32N6O4. The van der Waals surface area contributed by atoms with Crippen molar-refractivity contribution in [1.29, 1.82) is 0 Å². The summed E-state index contributed by atoms with van der Waals surface area (Å²) in [6.07, 6.45) is 3.12. The number of carbonyl (C=O) groups is 1. The highest BCUT2D eigenvalue weighted by Gasteiger charge is 2.20. The Hall–Kier alpha value is -3.60. The first-order valence-corrected chi connectivity index (χ1v) is 11.9. The number of carbonyl (C=O) groups excluding carboxylic acids is 1. The van der Waals surface area contributed by atoms with E-state index in [9.17, 15) is 15.0 Å². The van der Waals surface area contributed by atoms with E-state index in [0.717, 1.165) is 35.7 Å². The van der Waals surface area contributed by atoms with Gasteiger partial charge >= 0.3 is 0 Å². The molecule has 0 aliphatic carbocycles. The largest absolute Gasteiger partial charge is 0.395 e. The Morgan fingerprint density at radius 1 is 1.17 bits per heavy atom. The molecule has 4 rings (SSSR count). The number of morpholine rings is 1. The Balaban J connectivity index is 1.64. The number of hydrogen-bond donors (Lipinski definition) is 4. The monoisotopic (exact) mass is 492 g/mol. The molecule has 10 nitrogen and oxygen atoms in total. The lowest BCUT2D eigenvalue weighted by atomic mass is 10.0. The fraction of sp³-hybridized carbons (Fsp3) is 0.385. The number of aliphatic hydroxyl groups excluding tert-OH is 1. The molecule has 4 heterocycles. The fourth-order valence-corrected chi connectivity index (χ4v) is 3.90. The van der Waals surface area contributed by atoms with E-state index < -0.39 is 5.60 Å². The second kappa shape index (κ2) is 11.0. The SMILES string of the molecule is Cc1ncc(NC(=O)c2ccnc(C(C)(C)O)c2)cc1-c1cc(NCCO)nc(N2CCOCC2)c1. The molecule has 1 aliphatic rings. The van der Waals surface area contributed by atoms with Gasteiger partial charge in [0.25, 0.3) is 5.91 Å². The number of ether oxygens (including phenoxy) is 1. The molecule has 1 amide bonds. The molecule has 0 aromatic carbocycles. The Labute approximate surface area is 210 Å². The summed E-state index contributed by atoms with van der Waals surface area (Å²) in [6, 6.07) is 8.97. The molecule has 0 saturated carbocycles. The molecule has 1 saturated heterocycles. The number of nitrogens with one attached hydrogen (secondary N) is 2. The number of aliphatic hydroxyl groups is 2. The van der Waals surface area contributed by atoms with Crippen LogP contribution in [0.5, 0.6) is 0 Å². The van der Waals surface area contributed by atoms with Crippen molar-refractivity contribution in [2.75, 3.05) is 55.0 Å². The zero-order valence-electron chi connectivity index (χ0n) is 20.8. The lowest BCUT2D eigenvalue weighted by Gasteiger charge is -2.28. The minimum absolute atomic E-state index is 0.00885. The summed E-state index contributed by atoms with van der Waals surface area (Å²) in [5, 5.41) is 25.6. The van der Waals surface area contributed by atoms with Gasteiger partial charge in [-0.1, -0.05) is 0 Å². The summed E-state index contributed by atoms with van der Waals surface area (Å²) in [7, 11) is 0. The van der Waals surface area contributed by atoms with E-state index in [4.69, 9.17) is 9.72 Å². The summed E-state index contributed by atoms with van der Waals surface area (Å²) in [6.45, 7) is 8.28. The van der Waals surface area contributed by atoms with Crippen LogP contribution in [0.15, 0.2) is 42.7 Å². The van der Waals surface area contributed by atoms with Gasteiger partial charge in [0.1, 0.15) is 17.2 Å². The summed E-state index contributed by atoms with van der Waals surface area (Å²) in [4.78, 5) is 28.5. The molecule has 10 heteroatoms. The molecule has 0 radical (unpaired) electrons. The van der Waals surface area contributed by atoms with Gasteiger partial charge in [0.15, 0.2) is 0 Å². The van der Waals surface area contributed by atoms with Crippen molar-refractivity contribution < 1.29 is 19.7 Å². The maximum Gasteiger partial charge on any atom is 0.255 e. The Morgan fingerprint density at radius 3 is 2.67 bits per heavy atom. The van der Waals surface area contributed by atoms with Crippen molar-refractivity contribution in [3.63, 3.8) is 0 Å². The first kappa shape index (κ1) is 25.5. The molecule has 3 aromatic heterocycles. The van der Waals surface area contributed by atoms with Crippen LogP contribution in [-0.2, 0) is 10.3 Å². The van der Waals surface area contributed by atoms with Gasteiger partial charge in [-0.3, -0.25) is 14.8 Å². The lowest BCUT2D eigenvalue weighted by Crippen LogP contribution is -2.36. The first-order chi connectivity index (χ1) is 17.2. The number of nitrogens with zero attached hydrogens (tertiary/aromatic N) is 4. The van der Waals surface area contributed by atoms with E-state index in [-0.39, 0.29) is 12.5 Å². The molecular weight excluding hydrogens is 460 g/mol. The van der Waals surface area contributed by atoms with Crippen molar-refractivity contribution in [3.8, 4) is 11.1 Å². The van der Waals surface area contributed by atoms with E-state index in [2.05, 4.69) is 25.5 Å². The standard InChI is InChI=1S/C26H32N6O4/c1-17-21(19-13-23(28-6-9-33)31-24(14-19)32-7-10-36-11-8-32)15-20(16-29-17)30-25(34)18-4-5-27-22(12-18)26(2,3)35/h4-5,12-16,33,35H,6-11H2,1-3H3,(H,28,31)(H,30,34). The molecule has 0 unspecified atom stereocenters. The van der Waals surface area contributed by atoms with Crippen LogP contribution < -0.4 is 15.5 Å². The van der Waals surface area contributed by atoms with E-state index in [0.29, 0.717) is 42.5 Å². The zero-order valence-corrected chi connectivity index (χ0v) is 20.8. The molecule has 0 spiro atoms. The zero-order chi connectivity index (χ0) is 25.7. The number of rotatable bonds is 8. The third-order valence-corrected chi connectivity index (χ3v) is 5.87. The van der Waals surface area contributed by atoms with Crippen molar-refractivity contribution in [1.82, 2.24) is 15.0 Å². The van der Waals surface area contributed by atoms with Gasteiger partial charge in [-0.05, 0) is 56.7 Å². The summed E-state index contributed by atoms with van der Waals surface area (Å²) >= 11 is 0. The van der Waals surface area contributed by atoms with Gasteiger partial charge in [-0.2, -0.15) is 0 Å². The predicted octanol–water partition coefficient (Wildman–Crippen LogP) is 2.57. The van der Waals surface area contributed by atoms with Crippen LogP contribution >= 0.6 is 0 Å². The number of hydrogen-bond acceptors (Lipinski definition) is 9. The summed E-state index contributed by atoms with van der Waals surface area (Å²) < 4.78 is 5.48. The summed E-state index contributed by atoms with van der Waals surface area (Å²) in [5.74, 6) is 1.13. The second-order valence-electron chi connectivity index (χ2n) is 9.15. The average molecular weight is 493 g/mol. The Morgan fingerprint density at radius 2 is 1.94 bits per heavy atom. The van der Waals surface area contributed by atoms with Crippen LogP contribution in [0.4, 0.5) is 17.3 Å². The quantitative estimate of drug-likeness (QED) is 0.374. The fourth-order valence-electron chi connectivity index (χ4n) is 3.90. The van der Waals surface area contributed by atoms with Crippen LogP contribution in [0.1, 0.15) is 35.6 Å². The maximum absolute atomic E-state index is 12.9. The van der Waals surface area contributed by atoms with Crippen LogP contribution in [-0.4, -0.2) is 70.5 Å². The van der Waals surface area contributed by atoms with Crippen molar-refractivity contribution in [3.05, 3.63) is 59.7 Å². The highest BCUT2D eigenvalue weighted by molar-refractivity contribution is 6.04. The molecule has 1 fully saturated rings. The molecule has 36 heavy (non-hydrogen) atoms. The van der Waals surface area contributed by atoms with Gasteiger partial charge in [0.05, 0.1) is 37.4 Å². The minimum Gasteiger partial charge on any atom is -0.395 e. The summed E-state index contributed by atoms with van der Waals surface area (Å²) in [5.41, 5.74) is 2.72. The van der Waals surface area contributed by atoms with Gasteiger partial charge in [-0.15, -0.1) is 0 Å². The Kier molecular flexibility index (Phi) is 7.78. The van der Waals surface area contributed by atoms with E-state index in [1.54, 1.807) is 32.2 Å². The molecule has 1 aliphatic heterocycles. The van der Waals surface area contributed by atoms with Gasteiger partial charge in [-0.25, -0.2) is 4.98 Å². The molecule has 0 bridgehead atoms. The van der Waals surface area contributed by atoms with Gasteiger partial charge < -0.3 is 30.5 Å². The van der Waals surface area contributed by atoms with Crippen LogP contribution in [0.25, 0.3) is 11.1 Å². The average Bonchev–Trinajstić information content (AvgIpc) is 2.88. The van der Waals surface area contributed by atoms with E-state index in [1.807, 2.05) is 25.1 Å². The first-order valence-electron chi connectivity index (χ1n) is 11.9. The van der Waals surface area contributed by atoms with Crippen LogP contribution in [0.2, 0.25) is 0 Å². The van der Waals surface area contributed by atoms with Crippen molar-refractivity contribution >= 4 is 23.2 Å². The normalized spacial score (nSPS) is 14.0. The topological polar surface area (TPSA) is 133 Å². The number of aromatic nitrogens is 3. The van der Waals surface area contributed by atoms with Crippen LogP contribution in [0.3, 0.4) is 0 Å².